The van der Waals surface area contributed by atoms with Gasteiger partial charge in [-0.3, -0.25) is 4.79 Å². The summed E-state index contributed by atoms with van der Waals surface area (Å²) in [6, 6.07) is 12.3. The Morgan fingerprint density at radius 3 is 2.77 bits per heavy atom. The van der Waals surface area contributed by atoms with Gasteiger partial charge in [-0.25, -0.2) is 4.99 Å². The van der Waals surface area contributed by atoms with E-state index in [9.17, 15) is 4.79 Å². The fourth-order valence-corrected chi connectivity index (χ4v) is 3.66. The molecule has 1 N–H and O–H groups in total. The van der Waals surface area contributed by atoms with Gasteiger partial charge in [0.25, 0.3) is 5.91 Å². The van der Waals surface area contributed by atoms with Gasteiger partial charge in [-0.2, -0.15) is 0 Å². The summed E-state index contributed by atoms with van der Waals surface area (Å²) in [5, 5.41) is 4.14. The lowest BCUT2D eigenvalue weighted by atomic mass is 10.1. The summed E-state index contributed by atoms with van der Waals surface area (Å²) in [6.45, 7) is 1.15. The van der Waals surface area contributed by atoms with E-state index in [1.165, 1.54) is 7.11 Å². The summed E-state index contributed by atoms with van der Waals surface area (Å²) in [7, 11) is 3.10. The second-order valence-electron chi connectivity index (χ2n) is 7.12. The number of hydrogen-bond donors (Lipinski definition) is 1. The lowest BCUT2D eigenvalue weighted by molar-refractivity contribution is 0.0854. The van der Waals surface area contributed by atoms with Crippen molar-refractivity contribution < 1.29 is 23.4 Å². The zero-order valence-electron chi connectivity index (χ0n) is 17.3. The van der Waals surface area contributed by atoms with Crippen molar-refractivity contribution in [3.63, 3.8) is 0 Å². The van der Waals surface area contributed by atoms with Gasteiger partial charge in [0.2, 0.25) is 5.55 Å². The van der Waals surface area contributed by atoms with E-state index in [2.05, 4.69) is 10.3 Å². The van der Waals surface area contributed by atoms with Gasteiger partial charge >= 0.3 is 0 Å². The van der Waals surface area contributed by atoms with Crippen LogP contribution in [-0.4, -0.2) is 39.4 Å². The zero-order chi connectivity index (χ0) is 21.8. The number of ether oxygens (including phenoxy) is 3. The van der Waals surface area contributed by atoms with Crippen LogP contribution in [0.15, 0.2) is 51.9 Å². The van der Waals surface area contributed by atoms with E-state index in [1.54, 1.807) is 37.4 Å². The summed E-state index contributed by atoms with van der Waals surface area (Å²) in [5.41, 5.74) is 1.35. The van der Waals surface area contributed by atoms with Crippen LogP contribution in [0.4, 0.5) is 5.69 Å². The molecule has 1 atom stereocenters. The first-order valence-electron chi connectivity index (χ1n) is 9.98. The number of benzene rings is 2. The molecule has 7 nitrogen and oxygen atoms in total. The number of halogens is 1. The van der Waals surface area contributed by atoms with Gasteiger partial charge < -0.3 is 23.9 Å². The molecule has 1 fully saturated rings. The quantitative estimate of drug-likeness (QED) is 0.617. The monoisotopic (exact) mass is 442 g/mol. The van der Waals surface area contributed by atoms with Crippen LogP contribution in [0.2, 0.25) is 5.02 Å². The van der Waals surface area contributed by atoms with Gasteiger partial charge in [-0.1, -0.05) is 23.7 Å². The predicted molar refractivity (Wildman–Crippen MR) is 117 cm³/mol. The number of rotatable bonds is 6. The van der Waals surface area contributed by atoms with Crippen molar-refractivity contribution in [1.82, 2.24) is 5.32 Å². The second-order valence-corrected chi connectivity index (χ2v) is 7.55. The van der Waals surface area contributed by atoms with E-state index in [1.807, 2.05) is 12.1 Å². The number of carbonyl (C=O) groups is 1. The molecule has 162 valence electrons. The number of nitrogens with one attached hydrogen (secondary N) is 1. The van der Waals surface area contributed by atoms with Gasteiger partial charge in [-0.15, -0.1) is 0 Å². The van der Waals surface area contributed by atoms with E-state index in [0.717, 1.165) is 24.8 Å². The summed E-state index contributed by atoms with van der Waals surface area (Å²) in [4.78, 5) is 17.6. The Balaban J connectivity index is 1.83. The average molecular weight is 443 g/mol. The molecule has 8 heteroatoms. The topological polar surface area (TPSA) is 82.3 Å². The van der Waals surface area contributed by atoms with Crippen molar-refractivity contribution in [1.29, 1.82) is 0 Å². The molecule has 1 aliphatic rings. The van der Waals surface area contributed by atoms with E-state index < -0.39 is 0 Å². The first kappa shape index (κ1) is 21.2. The minimum atomic E-state index is -0.302. The van der Waals surface area contributed by atoms with Crippen molar-refractivity contribution in [3.05, 3.63) is 58.6 Å². The van der Waals surface area contributed by atoms with Gasteiger partial charge in [0.15, 0.2) is 11.3 Å². The molecule has 1 aromatic heterocycles. The molecule has 0 saturated carbocycles. The molecule has 0 radical (unpaired) electrons. The number of carbonyl (C=O) groups excluding carboxylic acids is 1. The Labute approximate surface area is 184 Å². The smallest absolute Gasteiger partial charge is 0.256 e. The molecule has 1 amide bonds. The third-order valence-corrected chi connectivity index (χ3v) is 5.32. The van der Waals surface area contributed by atoms with Crippen molar-refractivity contribution in [2.75, 3.05) is 27.4 Å². The Kier molecular flexibility index (Phi) is 6.44. The second kappa shape index (κ2) is 9.41. The molecule has 0 aliphatic carbocycles. The van der Waals surface area contributed by atoms with E-state index in [-0.39, 0.29) is 17.6 Å². The molecule has 2 aromatic carbocycles. The third-order valence-electron chi connectivity index (χ3n) is 5.08. The van der Waals surface area contributed by atoms with Crippen LogP contribution in [0.25, 0.3) is 11.0 Å². The standard InChI is InChI=1S/C23H23ClN2O5/c1-28-19-9-8-15(24)12-18(19)26-23-17(22(27)25-13-16-6-4-10-30-16)11-14-5-3-7-20(29-2)21(14)31-23/h3,5,7-9,11-12,16H,4,6,10,13H2,1-2H3,(H,25,27). The van der Waals surface area contributed by atoms with E-state index >= 15 is 0 Å². The molecule has 1 aliphatic heterocycles. The number of para-hydroxylation sites is 1. The maximum Gasteiger partial charge on any atom is 0.256 e. The molecule has 31 heavy (non-hydrogen) atoms. The van der Waals surface area contributed by atoms with Gasteiger partial charge in [0.05, 0.1) is 20.3 Å². The van der Waals surface area contributed by atoms with Crippen LogP contribution >= 0.6 is 11.6 Å². The normalized spacial score (nSPS) is 16.5. The maximum absolute atomic E-state index is 13.1. The molecular weight excluding hydrogens is 420 g/mol. The summed E-state index contributed by atoms with van der Waals surface area (Å²) in [5.74, 6) is 0.743. The van der Waals surface area contributed by atoms with Gasteiger partial charge in [0.1, 0.15) is 17.0 Å². The predicted octanol–water partition coefficient (Wildman–Crippen LogP) is 4.24. The number of fused-ring (bicyclic) bond motifs is 1. The molecule has 0 bridgehead atoms. The number of methoxy groups -OCH3 is 2. The first-order chi connectivity index (χ1) is 15.1. The molecule has 3 aromatic rings. The highest BCUT2D eigenvalue weighted by Crippen LogP contribution is 2.30. The van der Waals surface area contributed by atoms with E-state index in [4.69, 9.17) is 30.2 Å². The largest absolute Gasteiger partial charge is 0.494 e. The molecule has 1 saturated heterocycles. The number of nitrogens with zero attached hydrogens (tertiary/aromatic N) is 1. The SMILES string of the molecule is COc1ccc(Cl)cc1N=c1oc2c(OC)cccc2cc1C(=O)NCC1CCCO1. The van der Waals surface area contributed by atoms with Crippen molar-refractivity contribution >= 4 is 34.2 Å². The lowest BCUT2D eigenvalue weighted by Gasteiger charge is -2.12. The fraction of sp³-hybridized carbons (Fsp3) is 0.304. The third kappa shape index (κ3) is 4.68. The highest BCUT2D eigenvalue weighted by molar-refractivity contribution is 6.30. The molecule has 0 spiro atoms. The molecule has 1 unspecified atom stereocenters. The molecular formula is C23H23ClN2O5. The van der Waals surface area contributed by atoms with Gasteiger partial charge in [0, 0.05) is 23.6 Å². The average Bonchev–Trinajstić information content (AvgIpc) is 3.30. The Hall–Kier alpha value is -3.03. The molecule has 4 rings (SSSR count). The Morgan fingerprint density at radius 2 is 2.03 bits per heavy atom. The Morgan fingerprint density at radius 1 is 1.19 bits per heavy atom. The number of amides is 1. The minimum Gasteiger partial charge on any atom is -0.494 e. The summed E-state index contributed by atoms with van der Waals surface area (Å²) >= 11 is 6.15. The maximum atomic E-state index is 13.1. The van der Waals surface area contributed by atoms with Crippen LogP contribution in [0, 0.1) is 0 Å². The van der Waals surface area contributed by atoms with Crippen molar-refractivity contribution in [2.24, 2.45) is 4.99 Å². The fourth-order valence-electron chi connectivity index (χ4n) is 3.50. The number of hydrogen-bond acceptors (Lipinski definition) is 6. The van der Waals surface area contributed by atoms with Crippen LogP contribution in [0.5, 0.6) is 11.5 Å². The van der Waals surface area contributed by atoms with Crippen LogP contribution in [-0.2, 0) is 4.74 Å². The highest BCUT2D eigenvalue weighted by Gasteiger charge is 2.19. The zero-order valence-corrected chi connectivity index (χ0v) is 18.1. The first-order valence-corrected chi connectivity index (χ1v) is 10.4. The minimum absolute atomic E-state index is 0.0230. The summed E-state index contributed by atoms with van der Waals surface area (Å²) in [6.07, 6.45) is 1.95. The van der Waals surface area contributed by atoms with Gasteiger partial charge in [-0.05, 0) is 43.2 Å². The lowest BCUT2D eigenvalue weighted by Crippen LogP contribution is -2.34. The van der Waals surface area contributed by atoms with E-state index in [0.29, 0.717) is 39.9 Å². The van der Waals surface area contributed by atoms with Crippen molar-refractivity contribution in [2.45, 2.75) is 18.9 Å². The van der Waals surface area contributed by atoms with Crippen LogP contribution < -0.4 is 20.3 Å². The summed E-state index contributed by atoms with van der Waals surface area (Å²) < 4.78 is 22.5. The van der Waals surface area contributed by atoms with Crippen LogP contribution in [0.3, 0.4) is 0 Å². The van der Waals surface area contributed by atoms with Crippen molar-refractivity contribution in [3.8, 4) is 11.5 Å². The Bertz CT molecular complexity index is 1170. The highest BCUT2D eigenvalue weighted by atomic mass is 35.5. The van der Waals surface area contributed by atoms with Crippen LogP contribution in [0.1, 0.15) is 23.2 Å². The molecule has 2 heterocycles.